The maximum absolute atomic E-state index is 9.42. The molecule has 4 heteroatoms. The Bertz CT molecular complexity index is 781. The van der Waals surface area contributed by atoms with Gasteiger partial charge in [-0.1, -0.05) is 50.2 Å². The summed E-state index contributed by atoms with van der Waals surface area (Å²) < 4.78 is 7.22. The van der Waals surface area contributed by atoms with Crippen LogP contribution in [0.15, 0.2) is 23.6 Å². The van der Waals surface area contributed by atoms with Gasteiger partial charge in [-0.25, -0.2) is 0 Å². The smallest absolute Gasteiger partial charge is 0.105 e. The number of hydrogen-bond donors (Lipinski definition) is 2. The third kappa shape index (κ3) is 6.05. The van der Waals surface area contributed by atoms with E-state index in [1.807, 2.05) is 6.92 Å². The molecule has 1 aromatic carbocycles. The first-order valence-corrected chi connectivity index (χ1v) is 11.1. The second kappa shape index (κ2) is 10.2. The molecule has 0 amide bonds. The summed E-state index contributed by atoms with van der Waals surface area (Å²) in [5, 5.41) is 12.8. The van der Waals surface area contributed by atoms with Gasteiger partial charge in [-0.05, 0) is 43.2 Å². The summed E-state index contributed by atoms with van der Waals surface area (Å²) in [4.78, 5) is 0. The Morgan fingerprint density at radius 1 is 1.30 bits per heavy atom. The minimum absolute atomic E-state index is 0.112. The molecule has 1 aliphatic carbocycles. The van der Waals surface area contributed by atoms with Crippen molar-refractivity contribution in [2.45, 2.75) is 70.6 Å². The number of nitrogens with two attached hydrogens (primary N) is 1. The molecule has 3 nitrogen and oxygen atoms in total. The van der Waals surface area contributed by atoms with Crippen LogP contribution in [-0.2, 0) is 11.2 Å². The predicted octanol–water partition coefficient (Wildman–Crippen LogP) is 4.84. The van der Waals surface area contributed by atoms with Crippen LogP contribution < -0.4 is 5.73 Å². The van der Waals surface area contributed by atoms with Crippen molar-refractivity contribution in [3.63, 3.8) is 0 Å². The number of hydrogen-bond acceptors (Lipinski definition) is 4. The molecule has 146 valence electrons. The van der Waals surface area contributed by atoms with Crippen LogP contribution in [0.4, 0.5) is 0 Å². The molecule has 1 aliphatic rings. The van der Waals surface area contributed by atoms with Gasteiger partial charge in [0.2, 0.25) is 0 Å². The minimum Gasteiger partial charge on any atom is -0.379 e. The Morgan fingerprint density at radius 3 is 2.89 bits per heavy atom. The minimum atomic E-state index is -0.737. The Hall–Kier alpha value is -1.38. The molecule has 0 spiro atoms. The van der Waals surface area contributed by atoms with E-state index in [2.05, 4.69) is 35.4 Å². The first-order chi connectivity index (χ1) is 13.1. The number of aliphatic hydroxyl groups excluding tert-OH is 1. The third-order valence-electron chi connectivity index (χ3n) is 5.47. The molecule has 2 atom stereocenters. The van der Waals surface area contributed by atoms with Gasteiger partial charge in [0, 0.05) is 27.5 Å². The van der Waals surface area contributed by atoms with E-state index in [-0.39, 0.29) is 5.92 Å². The normalized spacial score (nSPS) is 17.4. The lowest BCUT2D eigenvalue weighted by Gasteiger charge is -2.21. The SMILES string of the molecule is C[C@H](CCc1ccc2c(C#CCCOC3CCCCC3)csc2c1)C(N)O. The fourth-order valence-electron chi connectivity index (χ4n) is 3.56. The zero-order valence-electron chi connectivity index (χ0n) is 16.2. The van der Waals surface area contributed by atoms with Crippen molar-refractivity contribution in [3.8, 4) is 11.8 Å². The Kier molecular flexibility index (Phi) is 7.72. The van der Waals surface area contributed by atoms with Crippen LogP contribution >= 0.6 is 11.3 Å². The largest absolute Gasteiger partial charge is 0.379 e. The van der Waals surface area contributed by atoms with Crippen molar-refractivity contribution in [2.75, 3.05) is 6.61 Å². The number of rotatable bonds is 7. The van der Waals surface area contributed by atoms with Crippen LogP contribution in [0.1, 0.15) is 63.0 Å². The fraction of sp³-hybridized carbons (Fsp3) is 0.565. The molecule has 1 aromatic heterocycles. The molecular formula is C23H31NO2S. The molecule has 0 aliphatic heterocycles. The van der Waals surface area contributed by atoms with Crippen molar-refractivity contribution in [2.24, 2.45) is 11.7 Å². The summed E-state index contributed by atoms with van der Waals surface area (Å²) in [5.74, 6) is 6.71. The number of thiophene rings is 1. The Morgan fingerprint density at radius 2 is 2.11 bits per heavy atom. The molecule has 3 N–H and O–H groups in total. The number of aryl methyl sites for hydroxylation is 1. The highest BCUT2D eigenvalue weighted by atomic mass is 32.1. The second-order valence-electron chi connectivity index (χ2n) is 7.67. The van der Waals surface area contributed by atoms with E-state index in [0.29, 0.717) is 6.10 Å². The van der Waals surface area contributed by atoms with Crippen molar-refractivity contribution in [1.82, 2.24) is 0 Å². The van der Waals surface area contributed by atoms with Crippen molar-refractivity contribution in [1.29, 1.82) is 0 Å². The number of ether oxygens (including phenoxy) is 1. The Labute approximate surface area is 166 Å². The lowest BCUT2D eigenvalue weighted by molar-refractivity contribution is 0.0320. The van der Waals surface area contributed by atoms with Crippen LogP contribution in [0, 0.1) is 17.8 Å². The molecule has 2 aromatic rings. The number of fused-ring (bicyclic) bond motifs is 1. The van der Waals surface area contributed by atoms with Crippen LogP contribution in [0.5, 0.6) is 0 Å². The second-order valence-corrected chi connectivity index (χ2v) is 8.58. The molecule has 3 rings (SSSR count). The van der Waals surface area contributed by atoms with E-state index in [9.17, 15) is 5.11 Å². The molecule has 1 fully saturated rings. The molecular weight excluding hydrogens is 354 g/mol. The van der Waals surface area contributed by atoms with E-state index in [1.54, 1.807) is 11.3 Å². The summed E-state index contributed by atoms with van der Waals surface area (Å²) in [6.07, 6.45) is 8.76. The van der Waals surface area contributed by atoms with Crippen molar-refractivity contribution >= 4 is 21.4 Å². The van der Waals surface area contributed by atoms with Gasteiger partial charge >= 0.3 is 0 Å². The van der Waals surface area contributed by atoms with Gasteiger partial charge in [0.25, 0.3) is 0 Å². The zero-order chi connectivity index (χ0) is 19.1. The number of benzene rings is 1. The average Bonchev–Trinajstić information content (AvgIpc) is 3.09. The van der Waals surface area contributed by atoms with Crippen LogP contribution in [-0.4, -0.2) is 24.0 Å². The molecule has 1 saturated carbocycles. The van der Waals surface area contributed by atoms with Gasteiger partial charge in [0.05, 0.1) is 12.7 Å². The first-order valence-electron chi connectivity index (χ1n) is 10.2. The van der Waals surface area contributed by atoms with E-state index in [1.165, 1.54) is 47.8 Å². The number of aliphatic hydroxyl groups is 1. The highest BCUT2D eigenvalue weighted by Gasteiger charge is 2.13. The highest BCUT2D eigenvalue weighted by Crippen LogP contribution is 2.27. The van der Waals surface area contributed by atoms with Crippen LogP contribution in [0.2, 0.25) is 0 Å². The summed E-state index contributed by atoms with van der Waals surface area (Å²) in [5.41, 5.74) is 7.94. The maximum atomic E-state index is 9.42. The van der Waals surface area contributed by atoms with Crippen LogP contribution in [0.25, 0.3) is 10.1 Å². The highest BCUT2D eigenvalue weighted by molar-refractivity contribution is 7.17. The monoisotopic (exact) mass is 385 g/mol. The van der Waals surface area contributed by atoms with Crippen molar-refractivity contribution in [3.05, 3.63) is 34.7 Å². The maximum Gasteiger partial charge on any atom is 0.105 e. The molecule has 0 bridgehead atoms. The van der Waals surface area contributed by atoms with E-state index in [4.69, 9.17) is 10.5 Å². The van der Waals surface area contributed by atoms with Gasteiger partial charge in [0.1, 0.15) is 6.23 Å². The van der Waals surface area contributed by atoms with Crippen LogP contribution in [0.3, 0.4) is 0 Å². The average molecular weight is 386 g/mol. The van der Waals surface area contributed by atoms with E-state index >= 15 is 0 Å². The molecule has 27 heavy (non-hydrogen) atoms. The summed E-state index contributed by atoms with van der Waals surface area (Å²) >= 11 is 1.75. The summed E-state index contributed by atoms with van der Waals surface area (Å²) in [6.45, 7) is 2.73. The first kappa shape index (κ1) is 20.4. The van der Waals surface area contributed by atoms with Gasteiger partial charge in [0.15, 0.2) is 0 Å². The third-order valence-corrected chi connectivity index (χ3v) is 6.41. The predicted molar refractivity (Wildman–Crippen MR) is 114 cm³/mol. The molecule has 0 saturated heterocycles. The Balaban J connectivity index is 1.52. The standard InChI is InChI=1S/C23H31NO2S/c1-17(23(24)25)10-11-18-12-13-21-19(16-27-22(21)15-18)7-5-6-14-26-20-8-3-2-4-9-20/h12-13,15-17,20,23,25H,2-4,6,8-11,14,24H2,1H3/t17-,23?/m1/s1. The van der Waals surface area contributed by atoms with E-state index < -0.39 is 6.23 Å². The van der Waals surface area contributed by atoms with Gasteiger partial charge in [-0.2, -0.15) is 0 Å². The van der Waals surface area contributed by atoms with Gasteiger partial charge in [-0.3, -0.25) is 0 Å². The zero-order valence-corrected chi connectivity index (χ0v) is 17.1. The summed E-state index contributed by atoms with van der Waals surface area (Å²) in [7, 11) is 0. The molecule has 1 unspecified atom stereocenters. The van der Waals surface area contributed by atoms with Crippen molar-refractivity contribution < 1.29 is 9.84 Å². The lowest BCUT2D eigenvalue weighted by atomic mass is 9.98. The van der Waals surface area contributed by atoms with Gasteiger partial charge < -0.3 is 15.6 Å². The lowest BCUT2D eigenvalue weighted by Crippen LogP contribution is -2.27. The summed E-state index contributed by atoms with van der Waals surface area (Å²) in [6, 6.07) is 6.59. The quantitative estimate of drug-likeness (QED) is 0.407. The molecule has 0 radical (unpaired) electrons. The molecule has 1 heterocycles. The topological polar surface area (TPSA) is 55.5 Å². The van der Waals surface area contributed by atoms with E-state index in [0.717, 1.165) is 31.4 Å². The van der Waals surface area contributed by atoms with Gasteiger partial charge in [-0.15, -0.1) is 11.3 Å². The fourth-order valence-corrected chi connectivity index (χ4v) is 4.51.